The van der Waals surface area contributed by atoms with Gasteiger partial charge >= 0.3 is 6.03 Å². The van der Waals surface area contributed by atoms with Crippen LogP contribution in [0.3, 0.4) is 0 Å². The minimum atomic E-state index is -0.306. The molecule has 2 aromatic heterocycles. The van der Waals surface area contributed by atoms with Gasteiger partial charge in [-0.2, -0.15) is 0 Å². The average molecular weight is 507 g/mol. The summed E-state index contributed by atoms with van der Waals surface area (Å²) < 4.78 is 0.898. The number of hydrogen-bond donors (Lipinski definition) is 3. The first-order valence-corrected chi connectivity index (χ1v) is 11.3. The van der Waals surface area contributed by atoms with Crippen molar-refractivity contribution >= 4 is 51.0 Å². The van der Waals surface area contributed by atoms with Crippen LogP contribution in [0.2, 0.25) is 0 Å². The zero-order chi connectivity index (χ0) is 22.3. The lowest BCUT2D eigenvalue weighted by Crippen LogP contribution is -2.19. The van der Waals surface area contributed by atoms with Crippen molar-refractivity contribution in [2.45, 2.75) is 9.92 Å². The second-order valence-corrected chi connectivity index (χ2v) is 8.57. The molecule has 2 heterocycles. The lowest BCUT2D eigenvalue weighted by atomic mass is 10.2. The summed E-state index contributed by atoms with van der Waals surface area (Å²) in [7, 11) is 1.78. The highest BCUT2D eigenvalue weighted by atomic mass is 79.9. The van der Waals surface area contributed by atoms with E-state index in [0.29, 0.717) is 17.3 Å². The summed E-state index contributed by atoms with van der Waals surface area (Å²) in [5.41, 5.74) is 3.12. The Morgan fingerprint density at radius 2 is 1.72 bits per heavy atom. The monoisotopic (exact) mass is 506 g/mol. The molecule has 3 N–H and O–H groups in total. The van der Waals surface area contributed by atoms with Crippen LogP contribution in [-0.2, 0) is 0 Å². The van der Waals surface area contributed by atoms with E-state index >= 15 is 0 Å². The first-order valence-electron chi connectivity index (χ1n) is 9.68. The number of anilines is 3. The van der Waals surface area contributed by atoms with E-state index in [0.717, 1.165) is 25.7 Å². The Morgan fingerprint density at radius 3 is 2.50 bits per heavy atom. The Balaban J connectivity index is 1.45. The van der Waals surface area contributed by atoms with Gasteiger partial charge in [0, 0.05) is 45.7 Å². The van der Waals surface area contributed by atoms with E-state index < -0.39 is 0 Å². The number of pyridine rings is 1. The van der Waals surface area contributed by atoms with Crippen molar-refractivity contribution in [1.82, 2.24) is 15.0 Å². The van der Waals surface area contributed by atoms with Crippen LogP contribution in [0.5, 0.6) is 0 Å². The molecule has 32 heavy (non-hydrogen) atoms. The Kier molecular flexibility index (Phi) is 6.98. The molecular weight excluding hydrogens is 488 g/mol. The Bertz CT molecular complexity index is 1240. The summed E-state index contributed by atoms with van der Waals surface area (Å²) in [4.78, 5) is 26.5. The van der Waals surface area contributed by atoms with Gasteiger partial charge in [0.2, 0.25) is 5.95 Å². The highest BCUT2D eigenvalue weighted by Gasteiger charge is 2.11. The molecule has 9 heteroatoms. The zero-order valence-corrected chi connectivity index (χ0v) is 19.4. The molecule has 0 aliphatic heterocycles. The van der Waals surface area contributed by atoms with Gasteiger partial charge in [0.15, 0.2) is 0 Å². The standard InChI is InChI=1S/C23H19BrN6OS/c1-25-22-27-13-11-20(30-22)19-6-3-12-26-21(19)32-18-9-7-16(8-10-18)28-23(31)29-17-5-2-4-15(24)14-17/h2-14H,1H3,(H,25,27,30)(H2,28,29,31). The number of urea groups is 1. The number of nitrogens with zero attached hydrogens (tertiary/aromatic N) is 3. The number of aromatic nitrogens is 3. The van der Waals surface area contributed by atoms with Crippen LogP contribution >= 0.6 is 27.7 Å². The minimum Gasteiger partial charge on any atom is -0.357 e. The molecule has 0 aliphatic rings. The molecule has 7 nitrogen and oxygen atoms in total. The van der Waals surface area contributed by atoms with E-state index in [4.69, 9.17) is 0 Å². The smallest absolute Gasteiger partial charge is 0.323 e. The number of amides is 2. The maximum Gasteiger partial charge on any atom is 0.323 e. The lowest BCUT2D eigenvalue weighted by molar-refractivity contribution is 0.262. The molecule has 0 atom stereocenters. The molecule has 0 aliphatic carbocycles. The van der Waals surface area contributed by atoms with Crippen molar-refractivity contribution < 1.29 is 4.79 Å². The van der Waals surface area contributed by atoms with Crippen LogP contribution < -0.4 is 16.0 Å². The van der Waals surface area contributed by atoms with Gasteiger partial charge in [-0.3, -0.25) is 0 Å². The van der Waals surface area contributed by atoms with E-state index in [1.807, 2.05) is 66.7 Å². The van der Waals surface area contributed by atoms with Crippen molar-refractivity contribution in [2.24, 2.45) is 0 Å². The van der Waals surface area contributed by atoms with Crippen molar-refractivity contribution in [3.05, 3.63) is 83.6 Å². The molecular formula is C23H19BrN6OS. The first kappa shape index (κ1) is 21.8. The largest absolute Gasteiger partial charge is 0.357 e. The molecule has 0 saturated carbocycles. The summed E-state index contributed by atoms with van der Waals surface area (Å²) in [6.45, 7) is 0. The third-order valence-corrected chi connectivity index (χ3v) is 5.86. The molecule has 0 unspecified atom stereocenters. The molecule has 160 valence electrons. The number of halogens is 1. The quantitative estimate of drug-likeness (QED) is 0.291. The van der Waals surface area contributed by atoms with Crippen LogP contribution in [0.1, 0.15) is 0 Å². The fourth-order valence-electron chi connectivity index (χ4n) is 2.87. The van der Waals surface area contributed by atoms with Crippen LogP contribution in [0, 0.1) is 0 Å². The number of rotatable bonds is 6. The molecule has 0 spiro atoms. The van der Waals surface area contributed by atoms with Crippen molar-refractivity contribution in [2.75, 3.05) is 23.0 Å². The summed E-state index contributed by atoms with van der Waals surface area (Å²) in [6, 6.07) is 20.4. The fourth-order valence-corrected chi connectivity index (χ4v) is 4.16. The Hall–Kier alpha value is -3.43. The molecule has 2 aromatic carbocycles. The Morgan fingerprint density at radius 1 is 0.906 bits per heavy atom. The number of nitrogens with one attached hydrogen (secondary N) is 3. The molecule has 0 radical (unpaired) electrons. The lowest BCUT2D eigenvalue weighted by Gasteiger charge is -2.10. The zero-order valence-electron chi connectivity index (χ0n) is 17.0. The maximum atomic E-state index is 12.3. The van der Waals surface area contributed by atoms with Gasteiger partial charge in [-0.05, 0) is 60.7 Å². The van der Waals surface area contributed by atoms with Gasteiger partial charge in [0.1, 0.15) is 5.03 Å². The van der Waals surface area contributed by atoms with Gasteiger partial charge in [0.05, 0.1) is 5.69 Å². The molecule has 2 amide bonds. The fraction of sp³-hybridized carbons (Fsp3) is 0.0435. The van der Waals surface area contributed by atoms with Gasteiger partial charge in [-0.15, -0.1) is 0 Å². The van der Waals surface area contributed by atoms with Crippen molar-refractivity contribution in [1.29, 1.82) is 0 Å². The van der Waals surface area contributed by atoms with Crippen LogP contribution in [0.4, 0.5) is 22.1 Å². The van der Waals surface area contributed by atoms with Gasteiger partial charge in [-0.25, -0.2) is 19.7 Å². The number of hydrogen-bond acceptors (Lipinski definition) is 6. The highest BCUT2D eigenvalue weighted by Crippen LogP contribution is 2.34. The molecule has 0 bridgehead atoms. The summed E-state index contributed by atoms with van der Waals surface area (Å²) in [5.74, 6) is 0.555. The summed E-state index contributed by atoms with van der Waals surface area (Å²) >= 11 is 4.92. The Labute approximate surface area is 198 Å². The number of carbonyl (C=O) groups excluding carboxylic acids is 1. The molecule has 0 fully saturated rings. The van der Waals surface area contributed by atoms with E-state index in [1.165, 1.54) is 11.8 Å². The van der Waals surface area contributed by atoms with E-state index in [1.54, 1.807) is 19.4 Å². The van der Waals surface area contributed by atoms with E-state index in [9.17, 15) is 4.79 Å². The van der Waals surface area contributed by atoms with Crippen LogP contribution in [-0.4, -0.2) is 28.0 Å². The van der Waals surface area contributed by atoms with Crippen molar-refractivity contribution in [3.63, 3.8) is 0 Å². The third kappa shape index (κ3) is 5.63. The predicted molar refractivity (Wildman–Crippen MR) is 132 cm³/mol. The average Bonchev–Trinajstić information content (AvgIpc) is 2.81. The first-order chi connectivity index (χ1) is 15.6. The maximum absolute atomic E-state index is 12.3. The number of carbonyl (C=O) groups is 1. The van der Waals surface area contributed by atoms with Crippen LogP contribution in [0.25, 0.3) is 11.3 Å². The second kappa shape index (κ2) is 10.3. The highest BCUT2D eigenvalue weighted by molar-refractivity contribution is 9.10. The van der Waals surface area contributed by atoms with Gasteiger partial charge < -0.3 is 16.0 Å². The third-order valence-electron chi connectivity index (χ3n) is 4.34. The topological polar surface area (TPSA) is 91.8 Å². The summed E-state index contributed by atoms with van der Waals surface area (Å²) in [5, 5.41) is 9.43. The molecule has 0 saturated heterocycles. The van der Waals surface area contributed by atoms with E-state index in [2.05, 4.69) is 46.8 Å². The summed E-state index contributed by atoms with van der Waals surface area (Å²) in [6.07, 6.45) is 3.48. The predicted octanol–water partition coefficient (Wildman–Crippen LogP) is 6.14. The van der Waals surface area contributed by atoms with E-state index in [-0.39, 0.29) is 6.03 Å². The molecule has 4 aromatic rings. The van der Waals surface area contributed by atoms with Gasteiger partial charge in [0.25, 0.3) is 0 Å². The normalized spacial score (nSPS) is 10.4. The van der Waals surface area contributed by atoms with Crippen molar-refractivity contribution in [3.8, 4) is 11.3 Å². The number of benzene rings is 2. The van der Waals surface area contributed by atoms with Crippen LogP contribution in [0.15, 0.2) is 93.5 Å². The SMILES string of the molecule is CNc1nccc(-c2cccnc2Sc2ccc(NC(=O)Nc3cccc(Br)c3)cc2)n1. The van der Waals surface area contributed by atoms with Gasteiger partial charge in [-0.1, -0.05) is 33.8 Å². The molecule has 4 rings (SSSR count). The second-order valence-electron chi connectivity index (χ2n) is 6.59. The minimum absolute atomic E-state index is 0.306.